The molecule has 1 aliphatic rings. The number of likely N-dealkylation sites (N-methyl/N-ethyl adjacent to an activating group) is 1. The summed E-state index contributed by atoms with van der Waals surface area (Å²) < 4.78 is 11.1. The number of hydrogen-bond donors (Lipinski definition) is 1. The number of rotatable bonds is 9. The first-order chi connectivity index (χ1) is 17.1. The maximum atomic E-state index is 13.3. The summed E-state index contributed by atoms with van der Waals surface area (Å²) in [6, 6.07) is 24.6. The topological polar surface area (TPSA) is 71.1 Å². The normalized spacial score (nSPS) is 13.7. The van der Waals surface area contributed by atoms with Gasteiger partial charge in [-0.15, -0.1) is 0 Å². The summed E-state index contributed by atoms with van der Waals surface area (Å²) in [5, 5.41) is 2.94. The number of carbonyl (C=O) groups excluding carboxylic acids is 2. The second-order valence-corrected chi connectivity index (χ2v) is 8.01. The zero-order valence-electron chi connectivity index (χ0n) is 19.9. The zero-order valence-corrected chi connectivity index (χ0v) is 19.9. The molecule has 0 atom stereocenters. The van der Waals surface area contributed by atoms with Crippen LogP contribution in [0.4, 0.5) is 11.4 Å². The van der Waals surface area contributed by atoms with Gasteiger partial charge in [0.05, 0.1) is 12.8 Å². The first kappa shape index (κ1) is 23.9. The van der Waals surface area contributed by atoms with Gasteiger partial charge in [-0.2, -0.15) is 0 Å². The lowest BCUT2D eigenvalue weighted by Gasteiger charge is -2.30. The molecular weight excluding hydrogens is 442 g/mol. The monoisotopic (exact) mass is 471 g/mol. The molecule has 0 bridgehead atoms. The van der Waals surface area contributed by atoms with Crippen LogP contribution < -0.4 is 24.6 Å². The molecule has 0 aliphatic carbocycles. The lowest BCUT2D eigenvalue weighted by molar-refractivity contribution is -0.123. The summed E-state index contributed by atoms with van der Waals surface area (Å²) in [4.78, 5) is 29.7. The van der Waals surface area contributed by atoms with Crippen molar-refractivity contribution in [3.63, 3.8) is 0 Å². The number of nitrogens with one attached hydrogen (secondary N) is 1. The van der Waals surface area contributed by atoms with E-state index in [2.05, 4.69) is 17.1 Å². The van der Waals surface area contributed by atoms with E-state index in [1.807, 2.05) is 66.7 Å². The molecule has 3 aromatic rings. The number of hydrogen-bond acceptors (Lipinski definition) is 5. The predicted octanol–water partition coefficient (Wildman–Crippen LogP) is 4.10. The Balaban J connectivity index is 1.44. The molecule has 180 valence electrons. The van der Waals surface area contributed by atoms with E-state index >= 15 is 0 Å². The third kappa shape index (κ3) is 5.81. The first-order valence-electron chi connectivity index (χ1n) is 11.6. The lowest BCUT2D eigenvalue weighted by Crippen LogP contribution is -2.45. The highest BCUT2D eigenvalue weighted by molar-refractivity contribution is 6.12. The van der Waals surface area contributed by atoms with Gasteiger partial charge in [0.15, 0.2) is 11.5 Å². The van der Waals surface area contributed by atoms with Gasteiger partial charge in [0, 0.05) is 25.3 Å². The van der Waals surface area contributed by atoms with Crippen molar-refractivity contribution in [2.24, 2.45) is 0 Å². The molecule has 0 spiro atoms. The minimum absolute atomic E-state index is 0.101. The van der Waals surface area contributed by atoms with E-state index in [0.29, 0.717) is 24.5 Å². The fourth-order valence-corrected chi connectivity index (χ4v) is 3.91. The van der Waals surface area contributed by atoms with Crippen LogP contribution in [0.1, 0.15) is 12.5 Å². The Morgan fingerprint density at radius 1 is 1.03 bits per heavy atom. The number of benzene rings is 3. The fraction of sp³-hybridized carbons (Fsp3) is 0.214. The van der Waals surface area contributed by atoms with Crippen molar-refractivity contribution in [1.82, 2.24) is 5.32 Å². The van der Waals surface area contributed by atoms with E-state index in [-0.39, 0.29) is 24.1 Å². The smallest absolute Gasteiger partial charge is 0.294 e. The molecule has 0 radical (unpaired) electrons. The second kappa shape index (κ2) is 11.2. The van der Waals surface area contributed by atoms with E-state index in [1.54, 1.807) is 25.3 Å². The van der Waals surface area contributed by atoms with Gasteiger partial charge >= 0.3 is 0 Å². The molecule has 0 saturated carbocycles. The van der Waals surface area contributed by atoms with Crippen LogP contribution >= 0.6 is 0 Å². The maximum absolute atomic E-state index is 13.3. The van der Waals surface area contributed by atoms with Crippen molar-refractivity contribution in [2.75, 3.05) is 43.1 Å². The molecule has 0 saturated heterocycles. The van der Waals surface area contributed by atoms with Crippen LogP contribution in [0.25, 0.3) is 6.08 Å². The van der Waals surface area contributed by atoms with Crippen molar-refractivity contribution in [3.05, 3.63) is 90.2 Å². The molecule has 1 heterocycles. The Labute approximate surface area is 205 Å². The SMILES string of the molecule is CCN(CCNC(=O)CN1C(=O)/C(=C/c2ccc(OC)cc2)Oc2ccccc21)c1ccccc1. The molecule has 1 aliphatic heterocycles. The van der Waals surface area contributed by atoms with Gasteiger partial charge in [0.25, 0.3) is 5.91 Å². The Morgan fingerprint density at radius 3 is 2.46 bits per heavy atom. The van der Waals surface area contributed by atoms with Crippen molar-refractivity contribution in [2.45, 2.75) is 6.92 Å². The van der Waals surface area contributed by atoms with Crippen LogP contribution in [0, 0.1) is 0 Å². The Kier molecular flexibility index (Phi) is 7.67. The lowest BCUT2D eigenvalue weighted by atomic mass is 10.1. The van der Waals surface area contributed by atoms with Crippen LogP contribution in [0.5, 0.6) is 11.5 Å². The zero-order chi connectivity index (χ0) is 24.6. The van der Waals surface area contributed by atoms with Gasteiger partial charge in [-0.05, 0) is 55.0 Å². The Hall–Kier alpha value is -4.26. The van der Waals surface area contributed by atoms with Gasteiger partial charge in [-0.1, -0.05) is 42.5 Å². The number of anilines is 2. The average molecular weight is 472 g/mol. The number of fused-ring (bicyclic) bond motifs is 1. The number of amides is 2. The number of para-hydroxylation sites is 3. The highest BCUT2D eigenvalue weighted by Crippen LogP contribution is 2.35. The molecule has 4 rings (SSSR count). The standard InChI is InChI=1S/C28H29N3O4/c1-3-30(22-9-5-4-6-10-22)18-17-29-27(32)20-31-24-11-7-8-12-25(24)35-26(28(31)33)19-21-13-15-23(34-2)16-14-21/h4-16,19H,3,17-18,20H2,1-2H3,(H,29,32)/b26-19-. The number of carbonyl (C=O) groups is 2. The summed E-state index contributed by atoms with van der Waals surface area (Å²) in [6.45, 7) is 3.94. The summed E-state index contributed by atoms with van der Waals surface area (Å²) in [6.07, 6.45) is 1.67. The number of nitrogens with zero attached hydrogens (tertiary/aromatic N) is 2. The molecule has 7 nitrogen and oxygen atoms in total. The Morgan fingerprint density at radius 2 is 1.74 bits per heavy atom. The Bertz CT molecular complexity index is 1190. The van der Waals surface area contributed by atoms with Crippen LogP contribution in [-0.4, -0.2) is 45.1 Å². The molecule has 7 heteroatoms. The van der Waals surface area contributed by atoms with Crippen molar-refractivity contribution in [1.29, 1.82) is 0 Å². The third-order valence-corrected chi connectivity index (χ3v) is 5.75. The quantitative estimate of drug-likeness (QED) is 0.476. The minimum atomic E-state index is -0.367. The van der Waals surface area contributed by atoms with E-state index in [4.69, 9.17) is 9.47 Å². The molecule has 35 heavy (non-hydrogen) atoms. The summed E-state index contributed by atoms with van der Waals surface area (Å²) in [5.74, 6) is 0.807. The molecule has 2 amide bonds. The van der Waals surface area contributed by atoms with Gasteiger partial charge in [0.1, 0.15) is 12.3 Å². The molecule has 3 aromatic carbocycles. The summed E-state index contributed by atoms with van der Waals surface area (Å²) in [5.41, 5.74) is 2.47. The second-order valence-electron chi connectivity index (χ2n) is 8.01. The predicted molar refractivity (Wildman–Crippen MR) is 138 cm³/mol. The molecule has 0 unspecified atom stereocenters. The first-order valence-corrected chi connectivity index (χ1v) is 11.6. The van der Waals surface area contributed by atoms with Crippen molar-refractivity contribution < 1.29 is 19.1 Å². The molecule has 0 fully saturated rings. The van der Waals surface area contributed by atoms with Gasteiger partial charge in [0.2, 0.25) is 5.91 Å². The summed E-state index contributed by atoms with van der Waals surface area (Å²) in [7, 11) is 1.60. The summed E-state index contributed by atoms with van der Waals surface area (Å²) >= 11 is 0. The van der Waals surface area contributed by atoms with E-state index < -0.39 is 0 Å². The van der Waals surface area contributed by atoms with Gasteiger partial charge in [-0.25, -0.2) is 0 Å². The van der Waals surface area contributed by atoms with E-state index in [9.17, 15) is 9.59 Å². The molecule has 1 N–H and O–H groups in total. The van der Waals surface area contributed by atoms with Gasteiger partial charge in [-0.3, -0.25) is 14.5 Å². The molecular formula is C28H29N3O4. The van der Waals surface area contributed by atoms with Crippen LogP contribution in [0.3, 0.4) is 0 Å². The van der Waals surface area contributed by atoms with Crippen LogP contribution in [-0.2, 0) is 9.59 Å². The average Bonchev–Trinajstić information content (AvgIpc) is 2.90. The maximum Gasteiger partial charge on any atom is 0.294 e. The van der Waals surface area contributed by atoms with Crippen LogP contribution in [0.15, 0.2) is 84.6 Å². The number of methoxy groups -OCH3 is 1. The van der Waals surface area contributed by atoms with E-state index in [1.165, 1.54) is 4.90 Å². The fourth-order valence-electron chi connectivity index (χ4n) is 3.91. The minimum Gasteiger partial charge on any atom is -0.497 e. The third-order valence-electron chi connectivity index (χ3n) is 5.75. The highest BCUT2D eigenvalue weighted by atomic mass is 16.5. The number of ether oxygens (including phenoxy) is 2. The van der Waals surface area contributed by atoms with Crippen LogP contribution in [0.2, 0.25) is 0 Å². The largest absolute Gasteiger partial charge is 0.497 e. The van der Waals surface area contributed by atoms with Crippen molar-refractivity contribution >= 4 is 29.3 Å². The molecule has 0 aromatic heterocycles. The van der Waals surface area contributed by atoms with Gasteiger partial charge < -0.3 is 19.7 Å². The highest BCUT2D eigenvalue weighted by Gasteiger charge is 2.31. The van der Waals surface area contributed by atoms with Crippen molar-refractivity contribution in [3.8, 4) is 11.5 Å². The van der Waals surface area contributed by atoms with E-state index in [0.717, 1.165) is 23.5 Å².